The number of anilines is 2. The Labute approximate surface area is 121 Å². The molecule has 0 bridgehead atoms. The number of nitrogen functional groups attached to an aromatic ring is 1. The van der Waals surface area contributed by atoms with Gasteiger partial charge in [-0.05, 0) is 44.9 Å². The van der Waals surface area contributed by atoms with Gasteiger partial charge in [0, 0.05) is 18.6 Å². The molecule has 0 saturated carbocycles. The summed E-state index contributed by atoms with van der Waals surface area (Å²) in [6.07, 6.45) is 5.23. The molecule has 2 aliphatic heterocycles. The van der Waals surface area contributed by atoms with E-state index in [0.717, 1.165) is 17.1 Å². The zero-order chi connectivity index (χ0) is 13.9. The molecule has 0 aromatic heterocycles. The van der Waals surface area contributed by atoms with E-state index in [2.05, 4.69) is 16.3 Å². The Bertz CT molecular complexity index is 463. The van der Waals surface area contributed by atoms with Crippen LogP contribution in [0.2, 0.25) is 0 Å². The Kier molecular flexibility index (Phi) is 4.01. The second-order valence-corrected chi connectivity index (χ2v) is 5.79. The number of fused-ring (bicyclic) bond motifs is 1. The van der Waals surface area contributed by atoms with Gasteiger partial charge in [0.15, 0.2) is 0 Å². The first-order chi connectivity index (χ1) is 9.79. The third kappa shape index (κ3) is 2.57. The number of nitrogens with one attached hydrogen (secondary N) is 1. The third-order valence-corrected chi connectivity index (χ3v) is 4.56. The van der Waals surface area contributed by atoms with Gasteiger partial charge < -0.3 is 15.8 Å². The third-order valence-electron chi connectivity index (χ3n) is 4.56. The fourth-order valence-corrected chi connectivity index (χ4v) is 3.57. The van der Waals surface area contributed by atoms with Gasteiger partial charge in [0.25, 0.3) is 0 Å². The summed E-state index contributed by atoms with van der Waals surface area (Å²) in [6.45, 7) is 5.11. The van der Waals surface area contributed by atoms with Crippen LogP contribution >= 0.6 is 0 Å². The van der Waals surface area contributed by atoms with Crippen LogP contribution in [0.4, 0.5) is 11.4 Å². The average molecular weight is 275 g/mol. The summed E-state index contributed by atoms with van der Waals surface area (Å²) in [5.41, 5.74) is 7.98. The average Bonchev–Trinajstić information content (AvgIpc) is 2.87. The Balaban J connectivity index is 1.73. The number of benzene rings is 1. The van der Waals surface area contributed by atoms with E-state index in [1.54, 1.807) is 0 Å². The molecule has 2 fully saturated rings. The van der Waals surface area contributed by atoms with E-state index in [1.165, 1.54) is 38.8 Å². The summed E-state index contributed by atoms with van der Waals surface area (Å²) in [7, 11) is 0. The number of hydrogen-bond donors (Lipinski definition) is 2. The van der Waals surface area contributed by atoms with Gasteiger partial charge >= 0.3 is 0 Å². The van der Waals surface area contributed by atoms with Crippen molar-refractivity contribution in [3.8, 4) is 5.75 Å². The summed E-state index contributed by atoms with van der Waals surface area (Å²) >= 11 is 0. The van der Waals surface area contributed by atoms with Crippen LogP contribution in [0.25, 0.3) is 0 Å². The smallest absolute Gasteiger partial charge is 0.144 e. The number of piperidine rings is 1. The van der Waals surface area contributed by atoms with E-state index >= 15 is 0 Å². The molecular formula is C16H25N3O. The number of hydrogen-bond acceptors (Lipinski definition) is 4. The van der Waals surface area contributed by atoms with Crippen LogP contribution in [0, 0.1) is 0 Å². The Morgan fingerprint density at radius 2 is 2.20 bits per heavy atom. The highest BCUT2D eigenvalue weighted by atomic mass is 16.5. The van der Waals surface area contributed by atoms with Crippen molar-refractivity contribution in [2.24, 2.45) is 0 Å². The van der Waals surface area contributed by atoms with Gasteiger partial charge in [-0.3, -0.25) is 4.90 Å². The molecule has 1 aromatic carbocycles. The Hall–Kier alpha value is -1.42. The van der Waals surface area contributed by atoms with Gasteiger partial charge in [0.05, 0.1) is 18.0 Å². The normalized spacial score (nSPS) is 26.2. The maximum absolute atomic E-state index is 6.21. The lowest BCUT2D eigenvalue weighted by Crippen LogP contribution is -2.41. The number of ether oxygens (including phenoxy) is 1. The minimum absolute atomic E-state index is 0.523. The lowest BCUT2D eigenvalue weighted by atomic mass is 9.99. The van der Waals surface area contributed by atoms with Crippen molar-refractivity contribution in [3.63, 3.8) is 0 Å². The molecule has 110 valence electrons. The summed E-state index contributed by atoms with van der Waals surface area (Å²) in [6, 6.07) is 7.21. The molecule has 2 atom stereocenters. The van der Waals surface area contributed by atoms with E-state index in [4.69, 9.17) is 10.5 Å². The first-order valence-electron chi connectivity index (χ1n) is 7.81. The highest BCUT2D eigenvalue weighted by Crippen LogP contribution is 2.34. The van der Waals surface area contributed by atoms with Crippen LogP contribution in [-0.2, 0) is 0 Å². The molecule has 3 N–H and O–H groups in total. The molecular weight excluding hydrogens is 250 g/mol. The number of nitrogens with two attached hydrogens (primary N) is 1. The molecule has 4 heteroatoms. The highest BCUT2D eigenvalue weighted by Gasteiger charge is 2.35. The first kappa shape index (κ1) is 13.6. The van der Waals surface area contributed by atoms with Crippen LogP contribution < -0.4 is 15.8 Å². The molecule has 0 amide bonds. The van der Waals surface area contributed by atoms with Crippen LogP contribution in [0.5, 0.6) is 5.75 Å². The summed E-state index contributed by atoms with van der Waals surface area (Å²) in [4.78, 5) is 2.63. The fourth-order valence-electron chi connectivity index (χ4n) is 3.57. The van der Waals surface area contributed by atoms with E-state index in [9.17, 15) is 0 Å². The summed E-state index contributed by atoms with van der Waals surface area (Å²) < 4.78 is 5.57. The van der Waals surface area contributed by atoms with Crippen molar-refractivity contribution >= 4 is 11.4 Å². The minimum Gasteiger partial charge on any atom is -0.492 e. The Morgan fingerprint density at radius 1 is 1.30 bits per heavy atom. The van der Waals surface area contributed by atoms with Gasteiger partial charge in [-0.25, -0.2) is 0 Å². The fraction of sp³-hybridized carbons (Fsp3) is 0.625. The lowest BCUT2D eigenvalue weighted by Gasteiger charge is -2.33. The van der Waals surface area contributed by atoms with E-state index < -0.39 is 0 Å². The SMILES string of the molecule is CCOc1cccc(NC2CCN3CCCCC23)c1N. The van der Waals surface area contributed by atoms with Gasteiger partial charge in [-0.15, -0.1) is 0 Å². The van der Waals surface area contributed by atoms with Crippen molar-refractivity contribution in [1.29, 1.82) is 0 Å². The van der Waals surface area contributed by atoms with Gasteiger partial charge in [0.1, 0.15) is 5.75 Å². The molecule has 2 unspecified atom stereocenters. The van der Waals surface area contributed by atoms with E-state index in [1.807, 2.05) is 19.1 Å². The van der Waals surface area contributed by atoms with Crippen LogP contribution in [0.1, 0.15) is 32.6 Å². The van der Waals surface area contributed by atoms with Crippen molar-refractivity contribution < 1.29 is 4.74 Å². The van der Waals surface area contributed by atoms with Crippen LogP contribution in [0.3, 0.4) is 0 Å². The molecule has 2 aliphatic rings. The van der Waals surface area contributed by atoms with Crippen molar-refractivity contribution in [2.45, 2.75) is 44.7 Å². The lowest BCUT2D eigenvalue weighted by molar-refractivity contribution is 0.193. The van der Waals surface area contributed by atoms with Crippen LogP contribution in [0.15, 0.2) is 18.2 Å². The molecule has 0 spiro atoms. The predicted molar refractivity (Wildman–Crippen MR) is 83.3 cm³/mol. The topological polar surface area (TPSA) is 50.5 Å². The van der Waals surface area contributed by atoms with E-state index in [0.29, 0.717) is 18.7 Å². The number of nitrogens with zero attached hydrogens (tertiary/aromatic N) is 1. The number of para-hydroxylation sites is 1. The zero-order valence-electron chi connectivity index (χ0n) is 12.3. The summed E-state index contributed by atoms with van der Waals surface area (Å²) in [5.74, 6) is 0.788. The maximum Gasteiger partial charge on any atom is 0.144 e. The number of rotatable bonds is 4. The molecule has 20 heavy (non-hydrogen) atoms. The minimum atomic E-state index is 0.523. The molecule has 2 saturated heterocycles. The van der Waals surface area contributed by atoms with Gasteiger partial charge in [0.2, 0.25) is 0 Å². The van der Waals surface area contributed by atoms with Crippen LogP contribution in [-0.4, -0.2) is 36.7 Å². The summed E-state index contributed by atoms with van der Waals surface area (Å²) in [5, 5.41) is 3.66. The van der Waals surface area contributed by atoms with Gasteiger partial charge in [-0.1, -0.05) is 12.5 Å². The largest absolute Gasteiger partial charge is 0.492 e. The van der Waals surface area contributed by atoms with Gasteiger partial charge in [-0.2, -0.15) is 0 Å². The quantitative estimate of drug-likeness (QED) is 0.830. The molecule has 2 heterocycles. The van der Waals surface area contributed by atoms with Crippen molar-refractivity contribution in [3.05, 3.63) is 18.2 Å². The molecule has 0 radical (unpaired) electrons. The highest BCUT2D eigenvalue weighted by molar-refractivity contribution is 5.73. The second-order valence-electron chi connectivity index (χ2n) is 5.79. The monoisotopic (exact) mass is 275 g/mol. The Morgan fingerprint density at radius 3 is 3.05 bits per heavy atom. The standard InChI is InChI=1S/C16H25N3O/c1-2-20-15-8-5-6-13(16(15)17)18-12-9-11-19-10-4-3-7-14(12)19/h5-6,8,12,14,18H,2-4,7,9-11,17H2,1H3. The molecule has 3 rings (SSSR count). The maximum atomic E-state index is 6.21. The van der Waals surface area contributed by atoms with E-state index in [-0.39, 0.29) is 0 Å². The molecule has 1 aromatic rings. The molecule has 0 aliphatic carbocycles. The first-order valence-corrected chi connectivity index (χ1v) is 7.81. The predicted octanol–water partition coefficient (Wildman–Crippen LogP) is 2.71. The zero-order valence-corrected chi connectivity index (χ0v) is 12.3. The second kappa shape index (κ2) is 5.92. The van der Waals surface area contributed by atoms with Crippen molar-refractivity contribution in [2.75, 3.05) is 30.7 Å². The molecule has 4 nitrogen and oxygen atoms in total. The van der Waals surface area contributed by atoms with Crippen molar-refractivity contribution in [1.82, 2.24) is 4.90 Å².